The monoisotopic (exact) mass is 338 g/mol. The van der Waals surface area contributed by atoms with Crippen LogP contribution < -0.4 is 5.32 Å². The molecule has 1 heterocycles. The lowest BCUT2D eigenvalue weighted by Crippen LogP contribution is -2.13. The lowest BCUT2D eigenvalue weighted by molar-refractivity contribution is 0.168. The standard InChI is InChI=1S/C14H17N3O5S/c1-4-21-14(18)15-11-5-7-12(8-6-11)23(19,20)17-13-9(2)10(3)16-22-13/h5-8H,4H2,1-3H3,(H2,15,16,17,18)/p-1. The molecule has 0 unspecified atom stereocenters. The highest BCUT2D eigenvalue weighted by atomic mass is 32.2. The van der Waals surface area contributed by atoms with Crippen LogP contribution in [0.2, 0.25) is 0 Å². The molecule has 1 aromatic carbocycles. The van der Waals surface area contributed by atoms with E-state index in [0.717, 1.165) is 0 Å². The predicted octanol–water partition coefficient (Wildman–Crippen LogP) is 3.25. The van der Waals surface area contributed by atoms with Gasteiger partial charge in [-0.25, -0.2) is 13.2 Å². The number of ether oxygens (including phenoxy) is 1. The van der Waals surface area contributed by atoms with Crippen molar-refractivity contribution in [2.75, 3.05) is 11.9 Å². The average molecular weight is 338 g/mol. The van der Waals surface area contributed by atoms with Crippen LogP contribution in [0.4, 0.5) is 16.4 Å². The number of carbonyl (C=O) groups is 1. The summed E-state index contributed by atoms with van der Waals surface area (Å²) in [5, 5.41) is 6.13. The summed E-state index contributed by atoms with van der Waals surface area (Å²) >= 11 is 0. The second kappa shape index (κ2) is 6.69. The van der Waals surface area contributed by atoms with Gasteiger partial charge in [0.1, 0.15) is 10.0 Å². The Bertz CT molecular complexity index is 796. The van der Waals surface area contributed by atoms with Crippen LogP contribution >= 0.6 is 0 Å². The van der Waals surface area contributed by atoms with E-state index < -0.39 is 16.1 Å². The highest BCUT2D eigenvalue weighted by molar-refractivity contribution is 7.94. The average Bonchev–Trinajstić information content (AvgIpc) is 2.79. The second-order valence-electron chi connectivity index (χ2n) is 4.63. The van der Waals surface area contributed by atoms with E-state index in [1.807, 2.05) is 0 Å². The van der Waals surface area contributed by atoms with Crippen LogP contribution in [0.5, 0.6) is 0 Å². The molecule has 1 amide bonds. The molecular formula is C14H16N3O5S-. The Labute approximate surface area is 133 Å². The summed E-state index contributed by atoms with van der Waals surface area (Å²) in [6.45, 7) is 5.30. The zero-order valence-electron chi connectivity index (χ0n) is 12.9. The molecule has 0 saturated carbocycles. The SMILES string of the molecule is CCOC(=O)Nc1ccc(S(=O)(=O)[N-]c2onc(C)c2C)cc1. The minimum absolute atomic E-state index is 0.0274. The van der Waals surface area contributed by atoms with E-state index in [4.69, 9.17) is 9.26 Å². The summed E-state index contributed by atoms with van der Waals surface area (Å²) in [5.41, 5.74) is 1.55. The number of sulfonamides is 1. The lowest BCUT2D eigenvalue weighted by atomic mass is 10.3. The van der Waals surface area contributed by atoms with Crippen molar-refractivity contribution in [2.45, 2.75) is 25.7 Å². The fourth-order valence-corrected chi connectivity index (χ4v) is 2.62. The number of hydrogen-bond acceptors (Lipinski definition) is 6. The third-order valence-corrected chi connectivity index (χ3v) is 4.28. The van der Waals surface area contributed by atoms with Crippen molar-refractivity contribution in [3.63, 3.8) is 0 Å². The fourth-order valence-electron chi connectivity index (χ4n) is 1.65. The van der Waals surface area contributed by atoms with E-state index in [1.54, 1.807) is 20.8 Å². The van der Waals surface area contributed by atoms with Crippen molar-refractivity contribution >= 4 is 27.7 Å². The Morgan fingerprint density at radius 3 is 2.48 bits per heavy atom. The third-order valence-electron chi connectivity index (χ3n) is 3.01. The molecule has 2 aromatic rings. The summed E-state index contributed by atoms with van der Waals surface area (Å²) in [6.07, 6.45) is -0.611. The number of benzene rings is 1. The van der Waals surface area contributed by atoms with Crippen LogP contribution in [0.25, 0.3) is 4.72 Å². The van der Waals surface area contributed by atoms with Gasteiger partial charge in [0.05, 0.1) is 23.1 Å². The van der Waals surface area contributed by atoms with Crippen LogP contribution in [-0.2, 0) is 14.8 Å². The van der Waals surface area contributed by atoms with E-state index in [1.165, 1.54) is 24.3 Å². The van der Waals surface area contributed by atoms with E-state index >= 15 is 0 Å². The first-order valence-electron chi connectivity index (χ1n) is 6.78. The van der Waals surface area contributed by atoms with Gasteiger partial charge in [-0.2, -0.15) is 0 Å². The smallest absolute Gasteiger partial charge is 0.411 e. The normalized spacial score (nSPS) is 11.1. The molecule has 0 radical (unpaired) electrons. The Kier molecular flexibility index (Phi) is 4.89. The van der Waals surface area contributed by atoms with Gasteiger partial charge >= 0.3 is 6.09 Å². The topological polar surface area (TPSA) is 113 Å². The molecule has 0 aliphatic heterocycles. The molecule has 9 heteroatoms. The minimum Gasteiger partial charge on any atom is -0.539 e. The van der Waals surface area contributed by atoms with Gasteiger partial charge in [-0.05, 0) is 50.6 Å². The van der Waals surface area contributed by atoms with Crippen LogP contribution in [0.3, 0.4) is 0 Å². The van der Waals surface area contributed by atoms with Gasteiger partial charge in [0, 0.05) is 5.69 Å². The number of hydrogen-bond donors (Lipinski definition) is 1. The molecule has 1 aromatic heterocycles. The van der Waals surface area contributed by atoms with Crippen molar-refractivity contribution < 1.29 is 22.5 Å². The molecule has 0 bridgehead atoms. The number of nitrogens with one attached hydrogen (secondary N) is 1. The lowest BCUT2D eigenvalue weighted by Gasteiger charge is -2.19. The van der Waals surface area contributed by atoms with Crippen LogP contribution in [0, 0.1) is 13.8 Å². The first-order valence-corrected chi connectivity index (χ1v) is 8.22. The van der Waals surface area contributed by atoms with Gasteiger partial charge in [0.15, 0.2) is 0 Å². The van der Waals surface area contributed by atoms with Crippen molar-refractivity contribution in [3.05, 3.63) is 40.2 Å². The van der Waals surface area contributed by atoms with Crippen LogP contribution in [0.15, 0.2) is 33.7 Å². The molecular weight excluding hydrogens is 322 g/mol. The zero-order valence-corrected chi connectivity index (χ0v) is 13.7. The van der Waals surface area contributed by atoms with Crippen LogP contribution in [-0.4, -0.2) is 26.3 Å². The van der Waals surface area contributed by atoms with Gasteiger partial charge in [0.2, 0.25) is 0 Å². The summed E-state index contributed by atoms with van der Waals surface area (Å²) in [5.74, 6) is -0.0452. The number of aromatic nitrogens is 1. The quantitative estimate of drug-likeness (QED) is 0.895. The first kappa shape index (κ1) is 16.8. The fraction of sp³-hybridized carbons (Fsp3) is 0.286. The largest absolute Gasteiger partial charge is 0.539 e. The molecule has 23 heavy (non-hydrogen) atoms. The van der Waals surface area contributed by atoms with Crippen molar-refractivity contribution in [2.24, 2.45) is 0 Å². The molecule has 0 fully saturated rings. The van der Waals surface area contributed by atoms with E-state index in [0.29, 0.717) is 16.9 Å². The van der Waals surface area contributed by atoms with Gasteiger partial charge in [0.25, 0.3) is 0 Å². The van der Waals surface area contributed by atoms with E-state index in [2.05, 4.69) is 15.2 Å². The molecule has 8 nitrogen and oxygen atoms in total. The molecule has 0 saturated heterocycles. The summed E-state index contributed by atoms with van der Waals surface area (Å²) in [7, 11) is -3.93. The van der Waals surface area contributed by atoms with Gasteiger partial charge in [-0.1, -0.05) is 5.16 Å². The van der Waals surface area contributed by atoms with Crippen LogP contribution in [0.1, 0.15) is 18.2 Å². The molecule has 0 spiro atoms. The second-order valence-corrected chi connectivity index (χ2v) is 6.24. The number of amides is 1. The maximum absolute atomic E-state index is 12.2. The first-order chi connectivity index (χ1) is 10.8. The number of nitrogens with zero attached hydrogens (tertiary/aromatic N) is 2. The van der Waals surface area contributed by atoms with E-state index in [9.17, 15) is 13.2 Å². The maximum Gasteiger partial charge on any atom is 0.411 e. The predicted molar refractivity (Wildman–Crippen MR) is 83.3 cm³/mol. The number of anilines is 1. The summed E-state index contributed by atoms with van der Waals surface area (Å²) < 4.78 is 37.7. The highest BCUT2D eigenvalue weighted by Gasteiger charge is 2.10. The highest BCUT2D eigenvalue weighted by Crippen LogP contribution is 2.32. The molecule has 1 N–H and O–H groups in total. The molecule has 124 valence electrons. The van der Waals surface area contributed by atoms with Gasteiger partial charge in [-0.3, -0.25) is 5.32 Å². The number of carbonyl (C=O) groups excluding carboxylic acids is 1. The molecule has 2 rings (SSSR count). The Hall–Kier alpha value is -2.55. The number of rotatable bonds is 5. The Morgan fingerprint density at radius 2 is 1.96 bits per heavy atom. The Balaban J connectivity index is 2.14. The van der Waals surface area contributed by atoms with Crippen molar-refractivity contribution in [1.29, 1.82) is 0 Å². The van der Waals surface area contributed by atoms with Gasteiger partial charge in [-0.15, -0.1) is 0 Å². The summed E-state index contributed by atoms with van der Waals surface area (Å²) in [6, 6.07) is 5.55. The molecule has 0 atom stereocenters. The maximum atomic E-state index is 12.2. The van der Waals surface area contributed by atoms with Crippen molar-refractivity contribution in [1.82, 2.24) is 5.16 Å². The van der Waals surface area contributed by atoms with Crippen molar-refractivity contribution in [3.8, 4) is 0 Å². The summed E-state index contributed by atoms with van der Waals surface area (Å²) in [4.78, 5) is 11.3. The number of aryl methyl sites for hydroxylation is 1. The molecule has 0 aliphatic carbocycles. The zero-order chi connectivity index (χ0) is 17.0. The van der Waals surface area contributed by atoms with E-state index in [-0.39, 0.29) is 17.4 Å². The van der Waals surface area contributed by atoms with Gasteiger partial charge < -0.3 is 14.0 Å². The molecule has 0 aliphatic rings. The minimum atomic E-state index is -3.93. The third kappa shape index (κ3) is 4.01. The Morgan fingerprint density at radius 1 is 1.30 bits per heavy atom.